The molecule has 0 aliphatic carbocycles. The zero-order valence-corrected chi connectivity index (χ0v) is 11.0. The highest BCUT2D eigenvalue weighted by Crippen LogP contribution is 2.26. The maximum absolute atomic E-state index is 11.0. The monoisotopic (exact) mass is 252 g/mol. The number of hydrogen-bond acceptors (Lipinski definition) is 4. The van der Waals surface area contributed by atoms with Crippen LogP contribution in [-0.4, -0.2) is 37.4 Å². The average molecular weight is 252 g/mol. The van der Waals surface area contributed by atoms with Crippen LogP contribution in [-0.2, 0) is 4.74 Å². The Hall–Kier alpha value is -1.75. The van der Waals surface area contributed by atoms with E-state index in [1.807, 2.05) is 18.7 Å². The van der Waals surface area contributed by atoms with E-state index in [2.05, 4.69) is 0 Å². The van der Waals surface area contributed by atoms with Crippen molar-refractivity contribution in [1.29, 1.82) is 0 Å². The molecule has 1 rings (SSSR count). The fraction of sp³-hybridized carbons (Fsp3) is 0.462. The number of anilines is 2. The fourth-order valence-electron chi connectivity index (χ4n) is 1.77. The Bertz CT molecular complexity index is 419. The molecule has 0 aromatic heterocycles. The quantitative estimate of drug-likeness (QED) is 0.755. The standard InChI is InChI=1S/C13H20N2O3/c1-9(2)15(6-7-18-3)12-8-10(13(16)17)4-5-11(12)14/h4-5,8-9H,6-7,14H2,1-3H3,(H,16,17). The maximum Gasteiger partial charge on any atom is 0.335 e. The van der Waals surface area contributed by atoms with Gasteiger partial charge in [-0.15, -0.1) is 0 Å². The van der Waals surface area contributed by atoms with Gasteiger partial charge in [0.1, 0.15) is 0 Å². The molecule has 5 heteroatoms. The molecule has 0 fully saturated rings. The SMILES string of the molecule is COCCN(c1cc(C(=O)O)ccc1N)C(C)C. The van der Waals surface area contributed by atoms with Gasteiger partial charge in [-0.2, -0.15) is 0 Å². The summed E-state index contributed by atoms with van der Waals surface area (Å²) >= 11 is 0. The second-order valence-corrected chi connectivity index (χ2v) is 4.36. The lowest BCUT2D eigenvalue weighted by molar-refractivity contribution is 0.0697. The van der Waals surface area contributed by atoms with Crippen molar-refractivity contribution >= 4 is 17.3 Å². The molecule has 1 aromatic carbocycles. The summed E-state index contributed by atoms with van der Waals surface area (Å²) in [6, 6.07) is 4.95. The zero-order chi connectivity index (χ0) is 13.7. The summed E-state index contributed by atoms with van der Waals surface area (Å²) in [5, 5.41) is 9.01. The van der Waals surface area contributed by atoms with E-state index < -0.39 is 5.97 Å². The van der Waals surface area contributed by atoms with Gasteiger partial charge in [-0.1, -0.05) is 0 Å². The molecule has 100 valence electrons. The molecule has 0 amide bonds. The lowest BCUT2D eigenvalue weighted by atomic mass is 10.1. The number of nitrogens with two attached hydrogens (primary N) is 1. The lowest BCUT2D eigenvalue weighted by Gasteiger charge is -2.30. The third-order valence-electron chi connectivity index (χ3n) is 2.75. The van der Waals surface area contributed by atoms with E-state index in [4.69, 9.17) is 15.6 Å². The molecule has 0 aliphatic rings. The van der Waals surface area contributed by atoms with Crippen LogP contribution < -0.4 is 10.6 Å². The van der Waals surface area contributed by atoms with Gasteiger partial charge in [0.25, 0.3) is 0 Å². The predicted octanol–water partition coefficient (Wildman–Crippen LogP) is 1.83. The molecule has 0 heterocycles. The Morgan fingerprint density at radius 3 is 2.67 bits per heavy atom. The Labute approximate surface area is 107 Å². The highest BCUT2D eigenvalue weighted by molar-refractivity contribution is 5.90. The minimum Gasteiger partial charge on any atom is -0.478 e. The number of hydrogen-bond donors (Lipinski definition) is 2. The minimum absolute atomic E-state index is 0.214. The second kappa shape index (κ2) is 6.26. The van der Waals surface area contributed by atoms with E-state index in [1.165, 1.54) is 6.07 Å². The molecule has 0 spiro atoms. The van der Waals surface area contributed by atoms with E-state index in [-0.39, 0.29) is 11.6 Å². The van der Waals surface area contributed by atoms with Gasteiger partial charge in [0, 0.05) is 19.7 Å². The Kier molecular flexibility index (Phi) is 4.97. The molecule has 0 aliphatic heterocycles. The predicted molar refractivity (Wildman–Crippen MR) is 72.2 cm³/mol. The minimum atomic E-state index is -0.952. The van der Waals surface area contributed by atoms with Crippen molar-refractivity contribution in [2.45, 2.75) is 19.9 Å². The van der Waals surface area contributed by atoms with Gasteiger partial charge in [-0.25, -0.2) is 4.79 Å². The van der Waals surface area contributed by atoms with Crippen molar-refractivity contribution < 1.29 is 14.6 Å². The van der Waals surface area contributed by atoms with Gasteiger partial charge in [0.05, 0.1) is 23.5 Å². The van der Waals surface area contributed by atoms with Crippen molar-refractivity contribution in [2.24, 2.45) is 0 Å². The summed E-state index contributed by atoms with van der Waals surface area (Å²) in [5.41, 5.74) is 7.47. The van der Waals surface area contributed by atoms with Crippen LogP contribution in [0, 0.1) is 0 Å². The van der Waals surface area contributed by atoms with Crippen LogP contribution in [0.3, 0.4) is 0 Å². The molecular weight excluding hydrogens is 232 g/mol. The zero-order valence-electron chi connectivity index (χ0n) is 11.0. The van der Waals surface area contributed by atoms with E-state index >= 15 is 0 Å². The van der Waals surface area contributed by atoms with Crippen LogP contribution in [0.5, 0.6) is 0 Å². The van der Waals surface area contributed by atoms with Gasteiger partial charge >= 0.3 is 5.97 Å². The number of ether oxygens (including phenoxy) is 1. The number of nitrogen functional groups attached to an aromatic ring is 1. The van der Waals surface area contributed by atoms with E-state index in [0.29, 0.717) is 18.8 Å². The second-order valence-electron chi connectivity index (χ2n) is 4.36. The summed E-state index contributed by atoms with van der Waals surface area (Å²) in [5.74, 6) is -0.952. The molecule has 0 bridgehead atoms. The van der Waals surface area contributed by atoms with Crippen LogP contribution >= 0.6 is 0 Å². The van der Waals surface area contributed by atoms with Gasteiger partial charge < -0.3 is 20.5 Å². The first-order valence-electron chi connectivity index (χ1n) is 5.85. The molecule has 0 saturated carbocycles. The van der Waals surface area contributed by atoms with Crippen LogP contribution in [0.4, 0.5) is 11.4 Å². The first kappa shape index (κ1) is 14.3. The smallest absolute Gasteiger partial charge is 0.335 e. The van der Waals surface area contributed by atoms with E-state index in [9.17, 15) is 4.79 Å². The molecule has 5 nitrogen and oxygen atoms in total. The molecule has 0 atom stereocenters. The Balaban J connectivity index is 3.09. The Morgan fingerprint density at radius 1 is 1.50 bits per heavy atom. The van der Waals surface area contributed by atoms with Gasteiger partial charge in [0.15, 0.2) is 0 Å². The van der Waals surface area contributed by atoms with E-state index in [1.54, 1.807) is 19.2 Å². The summed E-state index contributed by atoms with van der Waals surface area (Å²) in [7, 11) is 1.63. The van der Waals surface area contributed by atoms with Crippen LogP contribution in [0.1, 0.15) is 24.2 Å². The summed E-state index contributed by atoms with van der Waals surface area (Å²) in [6.45, 7) is 5.29. The van der Waals surface area contributed by atoms with Gasteiger partial charge in [-0.3, -0.25) is 0 Å². The number of benzene rings is 1. The van der Waals surface area contributed by atoms with Crippen molar-refractivity contribution in [3.63, 3.8) is 0 Å². The highest BCUT2D eigenvalue weighted by Gasteiger charge is 2.15. The van der Waals surface area contributed by atoms with Crippen molar-refractivity contribution in [1.82, 2.24) is 0 Å². The first-order valence-corrected chi connectivity index (χ1v) is 5.85. The number of methoxy groups -OCH3 is 1. The van der Waals surface area contributed by atoms with Gasteiger partial charge in [0.2, 0.25) is 0 Å². The van der Waals surface area contributed by atoms with Crippen LogP contribution in [0.25, 0.3) is 0 Å². The topological polar surface area (TPSA) is 75.8 Å². The third kappa shape index (κ3) is 3.37. The number of aromatic carboxylic acids is 1. The third-order valence-corrected chi connectivity index (χ3v) is 2.75. The van der Waals surface area contributed by atoms with E-state index in [0.717, 1.165) is 5.69 Å². The normalized spacial score (nSPS) is 10.7. The maximum atomic E-state index is 11.0. The lowest BCUT2D eigenvalue weighted by Crippen LogP contribution is -2.34. The summed E-state index contributed by atoms with van der Waals surface area (Å²) in [4.78, 5) is 13.0. The molecule has 0 saturated heterocycles. The van der Waals surface area contributed by atoms with Crippen LogP contribution in [0.2, 0.25) is 0 Å². The fourth-order valence-corrected chi connectivity index (χ4v) is 1.77. The number of nitrogens with zero attached hydrogens (tertiary/aromatic N) is 1. The molecule has 3 N–H and O–H groups in total. The summed E-state index contributed by atoms with van der Waals surface area (Å²) in [6.07, 6.45) is 0. The largest absolute Gasteiger partial charge is 0.478 e. The molecule has 0 unspecified atom stereocenters. The van der Waals surface area contributed by atoms with Crippen molar-refractivity contribution in [3.8, 4) is 0 Å². The number of rotatable bonds is 6. The molecule has 18 heavy (non-hydrogen) atoms. The first-order chi connectivity index (χ1) is 8.47. The average Bonchev–Trinajstić information content (AvgIpc) is 2.31. The molecule has 0 radical (unpaired) electrons. The highest BCUT2D eigenvalue weighted by atomic mass is 16.5. The van der Waals surface area contributed by atoms with Crippen LogP contribution in [0.15, 0.2) is 18.2 Å². The number of carbonyl (C=O) groups is 1. The van der Waals surface area contributed by atoms with Crippen molar-refractivity contribution in [2.75, 3.05) is 30.9 Å². The van der Waals surface area contributed by atoms with Gasteiger partial charge in [-0.05, 0) is 32.0 Å². The number of carboxylic acids is 1. The van der Waals surface area contributed by atoms with Crippen molar-refractivity contribution in [3.05, 3.63) is 23.8 Å². The Morgan fingerprint density at radius 2 is 2.17 bits per heavy atom. The molecular formula is C13H20N2O3. The molecule has 1 aromatic rings. The number of carboxylic acid groups (broad SMARTS) is 1. The summed E-state index contributed by atoms with van der Waals surface area (Å²) < 4.78 is 5.06.